The predicted molar refractivity (Wildman–Crippen MR) is 190 cm³/mol. The number of carbonyl (C=O) groups excluding carboxylic acids is 2. The zero-order valence-electron chi connectivity index (χ0n) is 27.3. The minimum Gasteiger partial charge on any atom is -0.478 e. The lowest BCUT2D eigenvalue weighted by Gasteiger charge is -2.41. The van der Waals surface area contributed by atoms with Gasteiger partial charge in [0, 0.05) is 22.1 Å². The summed E-state index contributed by atoms with van der Waals surface area (Å²) >= 11 is 1.60. The Kier molecular flexibility index (Phi) is 9.65. The molecule has 0 spiro atoms. The Balaban J connectivity index is 1.12. The Hall–Kier alpha value is -5.06. The van der Waals surface area contributed by atoms with Gasteiger partial charge in [0.05, 0.1) is 42.0 Å². The minimum atomic E-state index is -0.960. The summed E-state index contributed by atoms with van der Waals surface area (Å²) in [5.74, 6) is -0.922. The van der Waals surface area contributed by atoms with Crippen molar-refractivity contribution in [3.63, 3.8) is 0 Å². The van der Waals surface area contributed by atoms with Crippen LogP contribution in [0.25, 0.3) is 11.1 Å². The lowest BCUT2D eigenvalue weighted by Crippen LogP contribution is -2.38. The van der Waals surface area contributed by atoms with Crippen LogP contribution in [0.5, 0.6) is 0 Å². The van der Waals surface area contributed by atoms with Crippen molar-refractivity contribution in [2.75, 3.05) is 5.75 Å². The number of aromatic carboxylic acids is 1. The fourth-order valence-electron chi connectivity index (χ4n) is 6.49. The van der Waals surface area contributed by atoms with Gasteiger partial charge in [0.2, 0.25) is 0 Å². The van der Waals surface area contributed by atoms with E-state index in [2.05, 4.69) is 6.92 Å². The highest BCUT2D eigenvalue weighted by Crippen LogP contribution is 2.43. The maximum absolute atomic E-state index is 13.1. The predicted octanol–water partition coefficient (Wildman–Crippen LogP) is 7.92. The number of benzene rings is 5. The first kappa shape index (κ1) is 33.4. The summed E-state index contributed by atoms with van der Waals surface area (Å²) in [5, 5.41) is 18.9. The molecule has 0 saturated carbocycles. The second-order valence-corrected chi connectivity index (χ2v) is 13.6. The molecular weight excluding hydrogens is 651 g/mol. The molecular formula is C41H35NO7S. The molecule has 0 radical (unpaired) electrons. The molecule has 50 heavy (non-hydrogen) atoms. The summed E-state index contributed by atoms with van der Waals surface area (Å²) < 4.78 is 13.3. The van der Waals surface area contributed by atoms with E-state index in [9.17, 15) is 24.6 Å². The lowest BCUT2D eigenvalue weighted by molar-refractivity contribution is -0.268. The SMILES string of the molecule is CC1C(CSc2ccc(C(=O)O)cc2)OC(c2ccc(-c3ccccc3CN3C(=O)c4ccccc4C3=O)cc2)OC1c1ccc(CO)cc1. The van der Waals surface area contributed by atoms with Gasteiger partial charge in [-0.05, 0) is 64.2 Å². The molecule has 2 N–H and O–H groups in total. The van der Waals surface area contributed by atoms with E-state index in [0.29, 0.717) is 16.9 Å². The fourth-order valence-corrected chi connectivity index (χ4v) is 7.56. The van der Waals surface area contributed by atoms with Gasteiger partial charge < -0.3 is 19.7 Å². The highest BCUT2D eigenvalue weighted by molar-refractivity contribution is 7.99. The largest absolute Gasteiger partial charge is 0.478 e. The molecule has 8 nitrogen and oxygen atoms in total. The Bertz CT molecular complexity index is 1990. The molecule has 9 heteroatoms. The van der Waals surface area contributed by atoms with E-state index in [4.69, 9.17) is 9.47 Å². The van der Waals surface area contributed by atoms with Gasteiger partial charge in [-0.25, -0.2) is 4.79 Å². The summed E-state index contributed by atoms with van der Waals surface area (Å²) in [4.78, 5) is 39.8. The molecule has 2 aliphatic heterocycles. The molecule has 2 heterocycles. The maximum Gasteiger partial charge on any atom is 0.335 e. The molecule has 4 unspecified atom stereocenters. The molecule has 0 aromatic heterocycles. The Morgan fingerprint density at radius 1 is 0.740 bits per heavy atom. The molecule has 4 atom stereocenters. The number of carbonyl (C=O) groups is 3. The van der Waals surface area contributed by atoms with Crippen molar-refractivity contribution < 1.29 is 34.1 Å². The summed E-state index contributed by atoms with van der Waals surface area (Å²) in [6.45, 7) is 2.22. The molecule has 2 aliphatic rings. The third kappa shape index (κ3) is 6.73. The molecule has 1 fully saturated rings. The molecule has 0 bridgehead atoms. The Morgan fingerprint density at radius 3 is 1.96 bits per heavy atom. The molecule has 5 aromatic rings. The van der Waals surface area contributed by atoms with Crippen LogP contribution in [0.2, 0.25) is 0 Å². The van der Waals surface area contributed by atoms with Crippen LogP contribution in [-0.4, -0.2) is 44.8 Å². The second-order valence-electron chi connectivity index (χ2n) is 12.5. The van der Waals surface area contributed by atoms with Crippen LogP contribution in [0.15, 0.2) is 126 Å². The number of ether oxygens (including phenoxy) is 2. The van der Waals surface area contributed by atoms with Crippen molar-refractivity contribution >= 4 is 29.5 Å². The molecule has 0 aliphatic carbocycles. The number of aliphatic hydroxyl groups excluding tert-OH is 1. The summed E-state index contributed by atoms with van der Waals surface area (Å²) in [6, 6.07) is 37.2. The number of nitrogens with zero attached hydrogens (tertiary/aromatic N) is 1. The van der Waals surface area contributed by atoms with Crippen molar-refractivity contribution in [3.05, 3.63) is 160 Å². The van der Waals surface area contributed by atoms with Crippen LogP contribution >= 0.6 is 11.8 Å². The normalized spacial score (nSPS) is 20.2. The fraction of sp³-hybridized carbons (Fsp3) is 0.195. The summed E-state index contributed by atoms with van der Waals surface area (Å²) in [5.41, 5.74) is 6.45. The zero-order chi connectivity index (χ0) is 34.8. The van der Waals surface area contributed by atoms with E-state index in [1.54, 1.807) is 48.2 Å². The summed E-state index contributed by atoms with van der Waals surface area (Å²) in [7, 11) is 0. The second kappa shape index (κ2) is 14.4. The van der Waals surface area contributed by atoms with Gasteiger partial charge in [0.15, 0.2) is 6.29 Å². The number of hydrogen-bond donors (Lipinski definition) is 2. The third-order valence-electron chi connectivity index (χ3n) is 9.36. The van der Waals surface area contributed by atoms with Crippen LogP contribution in [0.1, 0.15) is 72.6 Å². The molecule has 2 amide bonds. The average molecular weight is 686 g/mol. The van der Waals surface area contributed by atoms with E-state index in [1.165, 1.54) is 4.90 Å². The first-order chi connectivity index (χ1) is 24.3. The van der Waals surface area contributed by atoms with Crippen molar-refractivity contribution in [1.82, 2.24) is 4.90 Å². The first-order valence-corrected chi connectivity index (χ1v) is 17.4. The number of thioether (sulfide) groups is 1. The topological polar surface area (TPSA) is 113 Å². The number of fused-ring (bicyclic) bond motifs is 1. The molecule has 1 saturated heterocycles. The number of rotatable bonds is 10. The maximum atomic E-state index is 13.1. The Labute approximate surface area is 294 Å². The van der Waals surface area contributed by atoms with E-state index in [1.807, 2.05) is 84.9 Å². The van der Waals surface area contributed by atoms with Crippen molar-refractivity contribution in [2.24, 2.45) is 5.92 Å². The van der Waals surface area contributed by atoms with Gasteiger partial charge in [-0.1, -0.05) is 91.9 Å². The average Bonchev–Trinajstić information content (AvgIpc) is 3.39. The third-order valence-corrected chi connectivity index (χ3v) is 10.5. The standard InChI is InChI=1S/C41H35NO7S/c1-25-36(24-50-32-20-18-29(19-21-32)40(46)47)48-41(49-37(25)28-12-10-26(23-43)11-13-28)30-16-14-27(15-17-30)33-7-3-2-6-31(33)22-42-38(44)34-8-4-5-9-35(34)39(42)45/h2-21,25,36-37,41,43H,22-24H2,1H3,(H,46,47). The first-order valence-electron chi connectivity index (χ1n) is 16.4. The van der Waals surface area contributed by atoms with Crippen LogP contribution in [0.3, 0.4) is 0 Å². The van der Waals surface area contributed by atoms with Crippen LogP contribution < -0.4 is 0 Å². The van der Waals surface area contributed by atoms with Gasteiger partial charge >= 0.3 is 5.97 Å². The number of imide groups is 1. The van der Waals surface area contributed by atoms with Crippen molar-refractivity contribution in [2.45, 2.75) is 43.5 Å². The smallest absolute Gasteiger partial charge is 0.335 e. The Morgan fingerprint density at radius 2 is 1.34 bits per heavy atom. The quantitative estimate of drug-likeness (QED) is 0.113. The lowest BCUT2D eigenvalue weighted by atomic mass is 9.91. The van der Waals surface area contributed by atoms with E-state index in [0.717, 1.165) is 38.3 Å². The number of aliphatic hydroxyl groups is 1. The number of hydrogen-bond acceptors (Lipinski definition) is 7. The monoisotopic (exact) mass is 685 g/mol. The number of carboxylic acid groups (broad SMARTS) is 1. The van der Waals surface area contributed by atoms with Crippen molar-refractivity contribution in [3.8, 4) is 11.1 Å². The van der Waals surface area contributed by atoms with Gasteiger partial charge in [0.25, 0.3) is 11.8 Å². The van der Waals surface area contributed by atoms with E-state index < -0.39 is 12.3 Å². The zero-order valence-corrected chi connectivity index (χ0v) is 28.1. The van der Waals surface area contributed by atoms with Gasteiger partial charge in [0.1, 0.15) is 0 Å². The molecule has 252 valence electrons. The minimum absolute atomic E-state index is 0.00897. The van der Waals surface area contributed by atoms with Gasteiger partial charge in [-0.3, -0.25) is 14.5 Å². The van der Waals surface area contributed by atoms with Crippen LogP contribution in [0.4, 0.5) is 0 Å². The molecule has 5 aromatic carbocycles. The van der Waals surface area contributed by atoms with Crippen LogP contribution in [-0.2, 0) is 22.6 Å². The number of amides is 2. The van der Waals surface area contributed by atoms with E-state index in [-0.39, 0.29) is 48.7 Å². The summed E-state index contributed by atoms with van der Waals surface area (Å²) in [6.07, 6.45) is -1.13. The highest BCUT2D eigenvalue weighted by Gasteiger charge is 2.39. The van der Waals surface area contributed by atoms with Gasteiger partial charge in [-0.15, -0.1) is 11.8 Å². The highest BCUT2D eigenvalue weighted by atomic mass is 32.2. The number of carboxylic acids is 1. The molecule has 7 rings (SSSR count). The van der Waals surface area contributed by atoms with Crippen LogP contribution in [0, 0.1) is 5.92 Å². The van der Waals surface area contributed by atoms with E-state index >= 15 is 0 Å². The van der Waals surface area contributed by atoms with Gasteiger partial charge in [-0.2, -0.15) is 0 Å². The van der Waals surface area contributed by atoms with Crippen molar-refractivity contribution in [1.29, 1.82) is 0 Å².